The SMILES string of the molecule is COC(=O)C(c1cc(F)ccc1-c1ncnc2c1ncn2C(C)C)C(F)(F)F. The van der Waals surface area contributed by atoms with E-state index in [4.69, 9.17) is 0 Å². The molecule has 10 heteroatoms. The van der Waals surface area contributed by atoms with Crippen molar-refractivity contribution in [3.8, 4) is 11.3 Å². The Kier molecular flexibility index (Phi) is 5.05. The number of esters is 1. The van der Waals surface area contributed by atoms with Gasteiger partial charge in [0.15, 0.2) is 11.6 Å². The number of ether oxygens (including phenoxy) is 1. The Hall–Kier alpha value is -3.04. The third kappa shape index (κ3) is 3.41. The molecule has 0 N–H and O–H groups in total. The molecule has 2 aromatic heterocycles. The summed E-state index contributed by atoms with van der Waals surface area (Å²) in [6.45, 7) is 3.78. The van der Waals surface area contributed by atoms with Crippen LogP contribution in [0.1, 0.15) is 31.4 Å². The van der Waals surface area contributed by atoms with Gasteiger partial charge in [-0.05, 0) is 37.6 Å². The number of nitrogens with zero attached hydrogens (tertiary/aromatic N) is 4. The van der Waals surface area contributed by atoms with Crippen molar-refractivity contribution >= 4 is 17.1 Å². The molecule has 0 aliphatic carbocycles. The highest BCUT2D eigenvalue weighted by Crippen LogP contribution is 2.41. The van der Waals surface area contributed by atoms with Crippen LogP contribution in [0.5, 0.6) is 0 Å². The predicted octanol–water partition coefficient (Wildman–Crippen LogP) is 4.03. The van der Waals surface area contributed by atoms with E-state index < -0.39 is 29.4 Å². The van der Waals surface area contributed by atoms with E-state index in [2.05, 4.69) is 19.7 Å². The van der Waals surface area contributed by atoms with Crippen LogP contribution in [-0.2, 0) is 9.53 Å². The van der Waals surface area contributed by atoms with Crippen molar-refractivity contribution < 1.29 is 27.1 Å². The van der Waals surface area contributed by atoms with Gasteiger partial charge in [-0.25, -0.2) is 19.3 Å². The summed E-state index contributed by atoms with van der Waals surface area (Å²) < 4.78 is 60.7. The van der Waals surface area contributed by atoms with E-state index in [-0.39, 0.29) is 22.8 Å². The molecular formula is C18H16F4N4O2. The van der Waals surface area contributed by atoms with Crippen molar-refractivity contribution in [2.45, 2.75) is 32.0 Å². The zero-order chi connectivity index (χ0) is 20.6. The fourth-order valence-electron chi connectivity index (χ4n) is 2.97. The lowest BCUT2D eigenvalue weighted by atomic mass is 9.91. The van der Waals surface area contributed by atoms with Crippen LogP contribution in [0, 0.1) is 5.82 Å². The second-order valence-electron chi connectivity index (χ2n) is 6.37. The molecule has 2 heterocycles. The molecule has 0 radical (unpaired) electrons. The van der Waals surface area contributed by atoms with Gasteiger partial charge < -0.3 is 9.30 Å². The van der Waals surface area contributed by atoms with Crippen LogP contribution in [0.3, 0.4) is 0 Å². The number of imidazole rings is 1. The van der Waals surface area contributed by atoms with Crippen LogP contribution in [0.25, 0.3) is 22.4 Å². The molecule has 6 nitrogen and oxygen atoms in total. The van der Waals surface area contributed by atoms with E-state index >= 15 is 0 Å². The first-order valence-corrected chi connectivity index (χ1v) is 8.27. The summed E-state index contributed by atoms with van der Waals surface area (Å²) in [6, 6.07) is 2.80. The van der Waals surface area contributed by atoms with Gasteiger partial charge in [0, 0.05) is 11.6 Å². The number of halogens is 4. The normalized spacial score (nSPS) is 13.1. The van der Waals surface area contributed by atoms with Crippen LogP contribution >= 0.6 is 0 Å². The van der Waals surface area contributed by atoms with E-state index in [0.717, 1.165) is 19.2 Å². The van der Waals surface area contributed by atoms with E-state index in [1.807, 2.05) is 13.8 Å². The largest absolute Gasteiger partial charge is 0.468 e. The van der Waals surface area contributed by atoms with Crippen molar-refractivity contribution in [1.29, 1.82) is 0 Å². The summed E-state index contributed by atoms with van der Waals surface area (Å²) in [5, 5.41) is 0. The predicted molar refractivity (Wildman–Crippen MR) is 91.9 cm³/mol. The molecule has 1 atom stereocenters. The van der Waals surface area contributed by atoms with Crippen molar-refractivity contribution in [2.75, 3.05) is 7.11 Å². The van der Waals surface area contributed by atoms with Gasteiger partial charge in [0.25, 0.3) is 0 Å². The molecule has 148 valence electrons. The van der Waals surface area contributed by atoms with Gasteiger partial charge in [-0.1, -0.05) is 0 Å². The van der Waals surface area contributed by atoms with Crippen LogP contribution in [0.15, 0.2) is 30.9 Å². The van der Waals surface area contributed by atoms with Gasteiger partial charge in [-0.15, -0.1) is 0 Å². The molecule has 0 saturated carbocycles. The maximum absolute atomic E-state index is 13.8. The fourth-order valence-corrected chi connectivity index (χ4v) is 2.97. The van der Waals surface area contributed by atoms with E-state index in [1.165, 1.54) is 12.7 Å². The maximum Gasteiger partial charge on any atom is 0.406 e. The highest BCUT2D eigenvalue weighted by atomic mass is 19.4. The van der Waals surface area contributed by atoms with E-state index in [9.17, 15) is 22.4 Å². The molecule has 0 aliphatic heterocycles. The molecular weight excluding hydrogens is 380 g/mol. The van der Waals surface area contributed by atoms with E-state index in [1.54, 1.807) is 4.57 Å². The zero-order valence-electron chi connectivity index (χ0n) is 15.2. The minimum absolute atomic E-state index is 0.00145. The van der Waals surface area contributed by atoms with Crippen molar-refractivity contribution in [3.63, 3.8) is 0 Å². The number of methoxy groups -OCH3 is 1. The van der Waals surface area contributed by atoms with E-state index in [0.29, 0.717) is 11.7 Å². The van der Waals surface area contributed by atoms with Crippen LogP contribution in [0.4, 0.5) is 17.6 Å². The lowest BCUT2D eigenvalue weighted by Gasteiger charge is -2.21. The number of hydrogen-bond donors (Lipinski definition) is 0. The topological polar surface area (TPSA) is 69.9 Å². The van der Waals surface area contributed by atoms with Gasteiger partial charge in [0.1, 0.15) is 23.4 Å². The number of hydrogen-bond acceptors (Lipinski definition) is 5. The molecule has 1 aromatic carbocycles. The first-order chi connectivity index (χ1) is 13.1. The van der Waals surface area contributed by atoms with Gasteiger partial charge in [-0.3, -0.25) is 4.79 Å². The quantitative estimate of drug-likeness (QED) is 0.492. The number of carbonyl (C=O) groups excluding carboxylic acids is 1. The molecule has 0 bridgehead atoms. The third-order valence-corrected chi connectivity index (χ3v) is 4.26. The summed E-state index contributed by atoms with van der Waals surface area (Å²) in [5.74, 6) is -5.13. The summed E-state index contributed by atoms with van der Waals surface area (Å²) in [6.07, 6.45) is -2.30. The first kappa shape index (κ1) is 19.7. The first-order valence-electron chi connectivity index (χ1n) is 8.27. The number of alkyl halides is 3. The Balaban J connectivity index is 2.30. The second-order valence-corrected chi connectivity index (χ2v) is 6.37. The Labute approximate surface area is 157 Å². The van der Waals surface area contributed by atoms with Crippen LogP contribution in [0.2, 0.25) is 0 Å². The van der Waals surface area contributed by atoms with Gasteiger partial charge in [-0.2, -0.15) is 13.2 Å². The number of rotatable bonds is 4. The molecule has 0 amide bonds. The zero-order valence-corrected chi connectivity index (χ0v) is 15.2. The van der Waals surface area contributed by atoms with Crippen molar-refractivity contribution in [2.24, 2.45) is 0 Å². The average Bonchev–Trinajstić information content (AvgIpc) is 3.05. The summed E-state index contributed by atoms with van der Waals surface area (Å²) >= 11 is 0. The number of carbonyl (C=O) groups is 1. The molecule has 0 fully saturated rings. The number of fused-ring (bicyclic) bond motifs is 1. The highest BCUT2D eigenvalue weighted by molar-refractivity contribution is 5.91. The lowest BCUT2D eigenvalue weighted by molar-refractivity contribution is -0.179. The fraction of sp³-hybridized carbons (Fsp3) is 0.333. The third-order valence-electron chi connectivity index (χ3n) is 4.26. The minimum Gasteiger partial charge on any atom is -0.468 e. The molecule has 28 heavy (non-hydrogen) atoms. The van der Waals surface area contributed by atoms with Gasteiger partial charge in [0.05, 0.1) is 13.4 Å². The molecule has 1 unspecified atom stereocenters. The standard InChI is InChI=1S/C18H16F4N4O2/c1-9(2)26-8-25-15-14(23-7-24-16(15)26)11-5-4-10(19)6-12(11)13(17(27)28-3)18(20,21)22/h4-9,13H,1-3H3. The van der Waals surface area contributed by atoms with Gasteiger partial charge in [0.2, 0.25) is 0 Å². The molecule has 0 saturated heterocycles. The minimum atomic E-state index is -4.99. The monoisotopic (exact) mass is 396 g/mol. The molecule has 3 aromatic rings. The lowest BCUT2D eigenvalue weighted by Crippen LogP contribution is -2.30. The molecule has 0 spiro atoms. The van der Waals surface area contributed by atoms with Crippen molar-refractivity contribution in [3.05, 3.63) is 42.2 Å². The summed E-state index contributed by atoms with van der Waals surface area (Å²) in [4.78, 5) is 24.3. The Morgan fingerprint density at radius 3 is 2.50 bits per heavy atom. The average molecular weight is 396 g/mol. The summed E-state index contributed by atoms with van der Waals surface area (Å²) in [5.41, 5.74) is 0.0540. The Morgan fingerprint density at radius 1 is 1.18 bits per heavy atom. The number of benzene rings is 1. The van der Waals surface area contributed by atoms with Crippen molar-refractivity contribution in [1.82, 2.24) is 19.5 Å². The molecule has 0 aliphatic rings. The number of aromatic nitrogens is 4. The summed E-state index contributed by atoms with van der Waals surface area (Å²) in [7, 11) is 0.841. The second kappa shape index (κ2) is 7.17. The van der Waals surface area contributed by atoms with Crippen LogP contribution in [-0.4, -0.2) is 38.8 Å². The Bertz CT molecular complexity index is 1030. The Morgan fingerprint density at radius 2 is 1.89 bits per heavy atom. The highest BCUT2D eigenvalue weighted by Gasteiger charge is 2.48. The smallest absolute Gasteiger partial charge is 0.406 e. The van der Waals surface area contributed by atoms with Gasteiger partial charge >= 0.3 is 12.1 Å². The van der Waals surface area contributed by atoms with Crippen LogP contribution < -0.4 is 0 Å². The molecule has 3 rings (SSSR count). The maximum atomic E-state index is 13.8.